The molecule has 2 aliphatic rings. The number of nitrogens with zero attached hydrogens (tertiary/aromatic N) is 2. The van der Waals surface area contributed by atoms with Crippen molar-refractivity contribution in [2.24, 2.45) is 0 Å². The molecular weight excluding hydrogens is 424 g/mol. The predicted octanol–water partition coefficient (Wildman–Crippen LogP) is 2.75. The standard InChI is InChI=1S/C24H30N4O5/c1-5-33-23(29)20-17(14-28-13-12-27-11-7-9-18(27)15(28)2)25-24(30)26-21(20)16-8-6-10-19(31-3)22(16)32-4/h6-11,15,21H,5,12-14H2,1-4H3,(H2,25,26,30). The van der Waals surface area contributed by atoms with Crippen LogP contribution in [-0.4, -0.2) is 55.4 Å². The molecule has 176 valence electrons. The Labute approximate surface area is 193 Å². The maximum atomic E-state index is 13.2. The number of carbonyl (C=O) groups is 2. The Morgan fingerprint density at radius 1 is 1.15 bits per heavy atom. The molecule has 4 rings (SSSR count). The largest absolute Gasteiger partial charge is 0.493 e. The lowest BCUT2D eigenvalue weighted by molar-refractivity contribution is -0.139. The van der Waals surface area contributed by atoms with Crippen LogP contribution < -0.4 is 20.1 Å². The summed E-state index contributed by atoms with van der Waals surface area (Å²) in [6.07, 6.45) is 2.07. The van der Waals surface area contributed by atoms with E-state index in [1.807, 2.05) is 12.1 Å². The number of hydrogen-bond acceptors (Lipinski definition) is 6. The number of methoxy groups -OCH3 is 2. The maximum Gasteiger partial charge on any atom is 0.338 e. The number of para-hydroxylation sites is 1. The number of urea groups is 1. The molecule has 9 heteroatoms. The van der Waals surface area contributed by atoms with Crippen LogP contribution in [0.15, 0.2) is 47.8 Å². The molecule has 0 radical (unpaired) electrons. The first-order valence-corrected chi connectivity index (χ1v) is 11.1. The molecule has 0 saturated heterocycles. The zero-order chi connectivity index (χ0) is 23.5. The highest BCUT2D eigenvalue weighted by molar-refractivity contribution is 5.95. The fraction of sp³-hybridized carbons (Fsp3) is 0.417. The number of hydrogen-bond donors (Lipinski definition) is 2. The Morgan fingerprint density at radius 2 is 1.97 bits per heavy atom. The van der Waals surface area contributed by atoms with Crippen LogP contribution in [0.4, 0.5) is 4.79 Å². The SMILES string of the molecule is CCOC(=O)C1=C(CN2CCn3cccc3C2C)NC(=O)NC1c1cccc(OC)c1OC. The fourth-order valence-corrected chi connectivity index (χ4v) is 4.61. The Hall–Kier alpha value is -3.46. The Balaban J connectivity index is 1.77. The zero-order valence-electron chi connectivity index (χ0n) is 19.4. The molecule has 2 N–H and O–H groups in total. The highest BCUT2D eigenvalue weighted by Crippen LogP contribution is 2.39. The van der Waals surface area contributed by atoms with Crippen LogP contribution in [0, 0.1) is 0 Å². The summed E-state index contributed by atoms with van der Waals surface area (Å²) in [5.74, 6) is 0.485. The topological polar surface area (TPSA) is 94.1 Å². The van der Waals surface area contributed by atoms with E-state index in [9.17, 15) is 9.59 Å². The molecule has 0 saturated carbocycles. The first kappa shape index (κ1) is 22.7. The smallest absolute Gasteiger partial charge is 0.338 e. The van der Waals surface area contributed by atoms with E-state index >= 15 is 0 Å². The molecule has 0 spiro atoms. The Bertz CT molecular complexity index is 1080. The summed E-state index contributed by atoms with van der Waals surface area (Å²) in [5, 5.41) is 5.74. The quantitative estimate of drug-likeness (QED) is 0.625. The summed E-state index contributed by atoms with van der Waals surface area (Å²) in [6, 6.07) is 8.51. The molecule has 1 aromatic heterocycles. The number of esters is 1. The second kappa shape index (κ2) is 9.58. The van der Waals surface area contributed by atoms with E-state index in [-0.39, 0.29) is 18.7 Å². The monoisotopic (exact) mass is 454 g/mol. The van der Waals surface area contributed by atoms with Crippen LogP contribution in [0.5, 0.6) is 11.5 Å². The van der Waals surface area contributed by atoms with Crippen molar-refractivity contribution in [1.29, 1.82) is 0 Å². The number of rotatable bonds is 7. The molecule has 3 heterocycles. The molecule has 0 bridgehead atoms. The lowest BCUT2D eigenvalue weighted by atomic mass is 9.93. The summed E-state index contributed by atoms with van der Waals surface area (Å²) < 4.78 is 18.7. The van der Waals surface area contributed by atoms with Crippen LogP contribution in [0.2, 0.25) is 0 Å². The van der Waals surface area contributed by atoms with Crippen LogP contribution in [-0.2, 0) is 16.1 Å². The first-order valence-electron chi connectivity index (χ1n) is 11.1. The van der Waals surface area contributed by atoms with Gasteiger partial charge in [0.25, 0.3) is 0 Å². The third kappa shape index (κ3) is 4.28. The zero-order valence-corrected chi connectivity index (χ0v) is 19.4. The van der Waals surface area contributed by atoms with Crippen molar-refractivity contribution in [3.63, 3.8) is 0 Å². The minimum Gasteiger partial charge on any atom is -0.493 e. The maximum absolute atomic E-state index is 13.2. The third-order valence-electron chi connectivity index (χ3n) is 6.22. The van der Waals surface area contributed by atoms with E-state index in [4.69, 9.17) is 14.2 Å². The lowest BCUT2D eigenvalue weighted by Crippen LogP contribution is -2.49. The average Bonchev–Trinajstić information content (AvgIpc) is 3.29. The third-order valence-corrected chi connectivity index (χ3v) is 6.22. The molecule has 9 nitrogen and oxygen atoms in total. The molecule has 33 heavy (non-hydrogen) atoms. The van der Waals surface area contributed by atoms with Gasteiger partial charge in [-0.25, -0.2) is 9.59 Å². The highest BCUT2D eigenvalue weighted by atomic mass is 16.5. The number of aromatic nitrogens is 1. The van der Waals surface area contributed by atoms with Crippen LogP contribution in [0.3, 0.4) is 0 Å². The summed E-state index contributed by atoms with van der Waals surface area (Å²) in [7, 11) is 3.08. The second-order valence-corrected chi connectivity index (χ2v) is 8.00. The van der Waals surface area contributed by atoms with Gasteiger partial charge in [0.05, 0.1) is 32.4 Å². The number of ether oxygens (including phenoxy) is 3. The van der Waals surface area contributed by atoms with Gasteiger partial charge in [-0.2, -0.15) is 0 Å². The lowest BCUT2D eigenvalue weighted by Gasteiger charge is -2.37. The van der Waals surface area contributed by atoms with Gasteiger partial charge in [0.1, 0.15) is 0 Å². The summed E-state index contributed by atoms with van der Waals surface area (Å²) in [6.45, 7) is 6.14. The predicted molar refractivity (Wildman–Crippen MR) is 122 cm³/mol. The molecule has 2 atom stereocenters. The van der Waals surface area contributed by atoms with Gasteiger partial charge in [0, 0.05) is 48.8 Å². The molecule has 2 unspecified atom stereocenters. The van der Waals surface area contributed by atoms with Crippen molar-refractivity contribution in [1.82, 2.24) is 20.1 Å². The Kier molecular flexibility index (Phi) is 6.60. The van der Waals surface area contributed by atoms with Crippen molar-refractivity contribution in [3.8, 4) is 11.5 Å². The summed E-state index contributed by atoms with van der Waals surface area (Å²) >= 11 is 0. The minimum absolute atomic E-state index is 0.126. The van der Waals surface area contributed by atoms with Crippen molar-refractivity contribution >= 4 is 12.0 Å². The summed E-state index contributed by atoms with van der Waals surface area (Å²) in [5.41, 5.74) is 2.70. The minimum atomic E-state index is -0.748. The van der Waals surface area contributed by atoms with Crippen molar-refractivity contribution in [2.45, 2.75) is 32.5 Å². The Morgan fingerprint density at radius 3 is 2.70 bits per heavy atom. The van der Waals surface area contributed by atoms with Crippen LogP contribution in [0.1, 0.15) is 37.2 Å². The van der Waals surface area contributed by atoms with Gasteiger partial charge in [-0.1, -0.05) is 12.1 Å². The first-order chi connectivity index (χ1) is 16.0. The molecule has 2 amide bonds. The van der Waals surface area contributed by atoms with Crippen molar-refractivity contribution < 1.29 is 23.8 Å². The van der Waals surface area contributed by atoms with Crippen molar-refractivity contribution in [3.05, 3.63) is 59.1 Å². The second-order valence-electron chi connectivity index (χ2n) is 8.00. The number of nitrogens with one attached hydrogen (secondary N) is 2. The van der Waals surface area contributed by atoms with E-state index < -0.39 is 12.0 Å². The summed E-state index contributed by atoms with van der Waals surface area (Å²) in [4.78, 5) is 28.1. The van der Waals surface area contributed by atoms with E-state index in [1.54, 1.807) is 26.2 Å². The van der Waals surface area contributed by atoms with Gasteiger partial charge >= 0.3 is 12.0 Å². The number of benzene rings is 1. The van der Waals surface area contributed by atoms with E-state index in [0.29, 0.717) is 34.9 Å². The number of carbonyl (C=O) groups excluding carboxylic acids is 2. The molecular formula is C24H30N4O5. The molecule has 2 aromatic rings. The van der Waals surface area contributed by atoms with Gasteiger partial charge in [0.15, 0.2) is 11.5 Å². The van der Waals surface area contributed by atoms with Crippen molar-refractivity contribution in [2.75, 3.05) is 33.9 Å². The molecule has 0 aliphatic carbocycles. The van der Waals surface area contributed by atoms with Gasteiger partial charge in [-0.3, -0.25) is 4.90 Å². The number of amides is 2. The average molecular weight is 455 g/mol. The highest BCUT2D eigenvalue weighted by Gasteiger charge is 2.37. The molecule has 2 aliphatic heterocycles. The number of fused-ring (bicyclic) bond motifs is 1. The van der Waals surface area contributed by atoms with Crippen LogP contribution >= 0.6 is 0 Å². The molecule has 1 aromatic carbocycles. The van der Waals surface area contributed by atoms with Crippen LogP contribution in [0.25, 0.3) is 0 Å². The van der Waals surface area contributed by atoms with Gasteiger partial charge in [-0.05, 0) is 32.0 Å². The van der Waals surface area contributed by atoms with Gasteiger partial charge in [-0.15, -0.1) is 0 Å². The van der Waals surface area contributed by atoms with Gasteiger partial charge in [0.2, 0.25) is 0 Å². The van der Waals surface area contributed by atoms with E-state index in [0.717, 1.165) is 13.1 Å². The normalized spacial score (nSPS) is 20.5. The molecule has 0 fully saturated rings. The van der Waals surface area contributed by atoms with E-state index in [2.05, 4.69) is 39.3 Å². The van der Waals surface area contributed by atoms with Gasteiger partial charge < -0.3 is 29.4 Å². The van der Waals surface area contributed by atoms with E-state index in [1.165, 1.54) is 12.8 Å². The fourth-order valence-electron chi connectivity index (χ4n) is 4.61.